The molecule has 0 radical (unpaired) electrons. The smallest absolute Gasteiger partial charge is 0.254 e. The second-order valence-corrected chi connectivity index (χ2v) is 6.33. The van der Waals surface area contributed by atoms with Crippen LogP contribution in [0.5, 0.6) is 0 Å². The van der Waals surface area contributed by atoms with Gasteiger partial charge in [-0.05, 0) is 59.0 Å². The number of carbonyl (C=O) groups is 1. The van der Waals surface area contributed by atoms with E-state index in [2.05, 4.69) is 33.7 Å². The van der Waals surface area contributed by atoms with Crippen molar-refractivity contribution < 1.29 is 4.79 Å². The first-order chi connectivity index (χ1) is 12.2. The summed E-state index contributed by atoms with van der Waals surface area (Å²) in [5.74, 6) is 0.0108. The van der Waals surface area contributed by atoms with Crippen LogP contribution >= 0.6 is 0 Å². The summed E-state index contributed by atoms with van der Waals surface area (Å²) < 4.78 is 1.55. The highest BCUT2D eigenvalue weighted by molar-refractivity contribution is 5.95. The maximum Gasteiger partial charge on any atom is 0.254 e. The lowest BCUT2D eigenvalue weighted by Crippen LogP contribution is -2.33. The van der Waals surface area contributed by atoms with Crippen molar-refractivity contribution in [1.29, 1.82) is 0 Å². The van der Waals surface area contributed by atoms with Crippen LogP contribution in [0.1, 0.15) is 40.4 Å². The molecule has 1 atom stereocenters. The number of hydrogen-bond acceptors (Lipinski definition) is 4. The molecule has 0 saturated carbocycles. The van der Waals surface area contributed by atoms with Gasteiger partial charge in [0.1, 0.15) is 6.33 Å². The van der Waals surface area contributed by atoms with Gasteiger partial charge in [0.15, 0.2) is 0 Å². The van der Waals surface area contributed by atoms with Crippen molar-refractivity contribution >= 4 is 5.91 Å². The van der Waals surface area contributed by atoms with Gasteiger partial charge in [-0.15, -0.1) is 5.10 Å². The van der Waals surface area contributed by atoms with Gasteiger partial charge in [0.25, 0.3) is 5.91 Å². The number of tetrazole rings is 1. The van der Waals surface area contributed by atoms with Crippen LogP contribution in [0.4, 0.5) is 0 Å². The van der Waals surface area contributed by atoms with Gasteiger partial charge < -0.3 is 4.90 Å². The van der Waals surface area contributed by atoms with Crippen LogP contribution in [0.25, 0.3) is 5.69 Å². The number of benzene rings is 2. The van der Waals surface area contributed by atoms with E-state index in [4.69, 9.17) is 0 Å². The maximum absolute atomic E-state index is 13.0. The minimum atomic E-state index is 0.0108. The van der Waals surface area contributed by atoms with Gasteiger partial charge in [-0.3, -0.25) is 4.79 Å². The van der Waals surface area contributed by atoms with Gasteiger partial charge in [-0.2, -0.15) is 0 Å². The zero-order valence-corrected chi connectivity index (χ0v) is 14.0. The molecule has 1 aliphatic carbocycles. The molecule has 1 aromatic heterocycles. The van der Waals surface area contributed by atoms with Crippen LogP contribution in [-0.2, 0) is 6.42 Å². The standard InChI is InChI=1S/C19H19N5O/c1-23(18-11-5-7-14-6-2-3-10-17(14)18)19(25)15-8-4-9-16(12-15)24-13-20-21-22-24/h2-4,6,8-10,12-13,18H,5,7,11H2,1H3/t18-/m0/s1. The van der Waals surface area contributed by atoms with E-state index in [1.54, 1.807) is 4.68 Å². The van der Waals surface area contributed by atoms with Crippen LogP contribution in [0.2, 0.25) is 0 Å². The summed E-state index contributed by atoms with van der Waals surface area (Å²) in [6.45, 7) is 0. The zero-order chi connectivity index (χ0) is 17.2. The Morgan fingerprint density at radius 3 is 2.92 bits per heavy atom. The number of nitrogens with zero attached hydrogens (tertiary/aromatic N) is 5. The van der Waals surface area contributed by atoms with Gasteiger partial charge in [-0.25, -0.2) is 4.68 Å². The van der Waals surface area contributed by atoms with E-state index in [0.717, 1.165) is 24.9 Å². The number of amides is 1. The molecule has 25 heavy (non-hydrogen) atoms. The highest BCUT2D eigenvalue weighted by Crippen LogP contribution is 2.34. The Bertz CT molecular complexity index is 890. The fraction of sp³-hybridized carbons (Fsp3) is 0.263. The molecule has 0 saturated heterocycles. The molecule has 0 aliphatic heterocycles. The molecule has 2 aromatic carbocycles. The van der Waals surface area contributed by atoms with Gasteiger partial charge in [0.05, 0.1) is 11.7 Å². The molecule has 0 fully saturated rings. The maximum atomic E-state index is 13.0. The van der Waals surface area contributed by atoms with Crippen molar-refractivity contribution in [2.75, 3.05) is 7.05 Å². The summed E-state index contributed by atoms with van der Waals surface area (Å²) in [5.41, 5.74) is 4.02. The van der Waals surface area contributed by atoms with Crippen LogP contribution in [-0.4, -0.2) is 38.1 Å². The molecule has 126 valence electrons. The average molecular weight is 333 g/mol. The average Bonchev–Trinajstić information content (AvgIpc) is 3.21. The quantitative estimate of drug-likeness (QED) is 0.739. The summed E-state index contributed by atoms with van der Waals surface area (Å²) in [6, 6.07) is 15.9. The first-order valence-electron chi connectivity index (χ1n) is 8.42. The minimum Gasteiger partial charge on any atom is -0.335 e. The molecule has 1 amide bonds. The van der Waals surface area contributed by atoms with E-state index in [1.807, 2.05) is 42.3 Å². The van der Waals surface area contributed by atoms with Gasteiger partial charge in [-0.1, -0.05) is 30.3 Å². The molecule has 6 nitrogen and oxygen atoms in total. The van der Waals surface area contributed by atoms with Crippen LogP contribution in [0.15, 0.2) is 54.9 Å². The zero-order valence-electron chi connectivity index (χ0n) is 14.0. The molecule has 0 N–H and O–H groups in total. The lowest BCUT2D eigenvalue weighted by molar-refractivity contribution is 0.0715. The van der Waals surface area contributed by atoms with E-state index in [1.165, 1.54) is 17.5 Å². The fourth-order valence-electron chi connectivity index (χ4n) is 3.54. The van der Waals surface area contributed by atoms with E-state index >= 15 is 0 Å². The van der Waals surface area contributed by atoms with Crippen molar-refractivity contribution in [2.45, 2.75) is 25.3 Å². The second kappa shape index (κ2) is 6.47. The third kappa shape index (κ3) is 2.91. The Kier molecular flexibility index (Phi) is 4.01. The van der Waals surface area contributed by atoms with Crippen molar-refractivity contribution in [3.63, 3.8) is 0 Å². The molecule has 0 bridgehead atoms. The lowest BCUT2D eigenvalue weighted by atomic mass is 9.87. The normalized spacial score (nSPS) is 16.3. The summed E-state index contributed by atoms with van der Waals surface area (Å²) in [7, 11) is 1.89. The number of carbonyl (C=O) groups excluding carboxylic acids is 1. The van der Waals surface area contributed by atoms with E-state index in [9.17, 15) is 4.79 Å². The number of aryl methyl sites for hydroxylation is 1. The van der Waals surface area contributed by atoms with E-state index < -0.39 is 0 Å². The number of fused-ring (bicyclic) bond motifs is 1. The van der Waals surface area contributed by atoms with Crippen molar-refractivity contribution in [1.82, 2.24) is 25.1 Å². The molecule has 4 rings (SSSR count). The van der Waals surface area contributed by atoms with Crippen LogP contribution < -0.4 is 0 Å². The number of aromatic nitrogens is 4. The van der Waals surface area contributed by atoms with Gasteiger partial charge >= 0.3 is 0 Å². The summed E-state index contributed by atoms with van der Waals surface area (Å²) >= 11 is 0. The predicted molar refractivity (Wildman–Crippen MR) is 93.4 cm³/mol. The molecular formula is C19H19N5O. The summed E-state index contributed by atoms with van der Waals surface area (Å²) in [6.07, 6.45) is 4.70. The Hall–Kier alpha value is -3.02. The Morgan fingerprint density at radius 1 is 1.20 bits per heavy atom. The van der Waals surface area contributed by atoms with Gasteiger partial charge in [0, 0.05) is 12.6 Å². The summed E-state index contributed by atoms with van der Waals surface area (Å²) in [5, 5.41) is 11.2. The lowest BCUT2D eigenvalue weighted by Gasteiger charge is -2.33. The number of hydrogen-bond donors (Lipinski definition) is 0. The highest BCUT2D eigenvalue weighted by Gasteiger charge is 2.27. The molecule has 1 aliphatic rings. The molecule has 1 heterocycles. The third-order valence-corrected chi connectivity index (χ3v) is 4.83. The van der Waals surface area contributed by atoms with Crippen molar-refractivity contribution in [3.05, 3.63) is 71.5 Å². The van der Waals surface area contributed by atoms with Crippen LogP contribution in [0, 0.1) is 0 Å². The molecule has 6 heteroatoms. The monoisotopic (exact) mass is 333 g/mol. The first-order valence-corrected chi connectivity index (χ1v) is 8.42. The SMILES string of the molecule is CN(C(=O)c1cccc(-n2cnnn2)c1)[C@H]1CCCc2ccccc21. The molecule has 3 aromatic rings. The largest absolute Gasteiger partial charge is 0.335 e. The third-order valence-electron chi connectivity index (χ3n) is 4.83. The highest BCUT2D eigenvalue weighted by atomic mass is 16.2. The summed E-state index contributed by atoms with van der Waals surface area (Å²) in [4.78, 5) is 14.9. The van der Waals surface area contributed by atoms with E-state index in [0.29, 0.717) is 5.56 Å². The van der Waals surface area contributed by atoms with E-state index in [-0.39, 0.29) is 11.9 Å². The Labute approximate surface area is 146 Å². The van der Waals surface area contributed by atoms with Crippen molar-refractivity contribution in [3.8, 4) is 5.69 Å². The van der Waals surface area contributed by atoms with Crippen LogP contribution in [0.3, 0.4) is 0 Å². The molecule has 0 unspecified atom stereocenters. The Morgan fingerprint density at radius 2 is 2.08 bits per heavy atom. The Balaban J connectivity index is 1.62. The first kappa shape index (κ1) is 15.5. The fourth-order valence-corrected chi connectivity index (χ4v) is 3.54. The van der Waals surface area contributed by atoms with Gasteiger partial charge in [0.2, 0.25) is 0 Å². The number of rotatable bonds is 3. The minimum absolute atomic E-state index is 0.0108. The molecule has 0 spiro atoms. The predicted octanol–water partition coefficient (Wildman–Crippen LogP) is 2.81. The second-order valence-electron chi connectivity index (χ2n) is 6.33. The molecular weight excluding hydrogens is 314 g/mol. The van der Waals surface area contributed by atoms with Crippen molar-refractivity contribution in [2.24, 2.45) is 0 Å². The topological polar surface area (TPSA) is 63.9 Å².